The number of fused-ring (bicyclic) bond motifs is 5. The molecule has 6 atom stereocenters. The molecule has 1 heteroatoms. The zero-order valence-electron chi connectivity index (χ0n) is 12.1. The van der Waals surface area contributed by atoms with Gasteiger partial charge in [0.2, 0.25) is 0 Å². The smallest absolute Gasteiger partial charge is 0.133 e. The van der Waals surface area contributed by atoms with Crippen molar-refractivity contribution in [1.29, 1.82) is 0 Å². The van der Waals surface area contributed by atoms with Crippen LogP contribution in [0.5, 0.6) is 0 Å². The summed E-state index contributed by atoms with van der Waals surface area (Å²) in [6.45, 7) is 2.49. The minimum Gasteiger partial charge on any atom is -0.300 e. The molecular formula is C18H26O. The van der Waals surface area contributed by atoms with Crippen LogP contribution in [0, 0.1) is 35.0 Å². The number of carbonyl (C=O) groups is 1. The third kappa shape index (κ3) is 1.76. The molecule has 0 saturated heterocycles. The minimum absolute atomic E-state index is 0.512. The first-order chi connectivity index (χ1) is 9.17. The Hall–Kier alpha value is -0.590. The summed E-state index contributed by atoms with van der Waals surface area (Å²) < 4.78 is 0. The predicted molar refractivity (Wildman–Crippen MR) is 76.6 cm³/mol. The van der Waals surface area contributed by atoms with Gasteiger partial charge in [0.25, 0.3) is 0 Å². The van der Waals surface area contributed by atoms with Crippen LogP contribution in [0.1, 0.15) is 58.3 Å². The molecule has 0 bridgehead atoms. The molecule has 1 unspecified atom stereocenters. The largest absolute Gasteiger partial charge is 0.300 e. The van der Waals surface area contributed by atoms with Crippen LogP contribution in [0.3, 0.4) is 0 Å². The minimum atomic E-state index is 0.512. The fraction of sp³-hybridized carbons (Fsp3) is 0.833. The van der Waals surface area contributed by atoms with E-state index in [-0.39, 0.29) is 0 Å². The Morgan fingerprint density at radius 1 is 1.11 bits per heavy atom. The highest BCUT2D eigenvalue weighted by atomic mass is 16.1. The highest BCUT2D eigenvalue weighted by Crippen LogP contribution is 2.60. The zero-order chi connectivity index (χ0) is 13.0. The Morgan fingerprint density at radius 3 is 2.89 bits per heavy atom. The van der Waals surface area contributed by atoms with Crippen molar-refractivity contribution in [3.8, 4) is 0 Å². The van der Waals surface area contributed by atoms with Gasteiger partial charge in [-0.25, -0.2) is 0 Å². The first-order valence-corrected chi connectivity index (χ1v) is 8.37. The molecule has 4 aliphatic rings. The molecular weight excluding hydrogens is 232 g/mol. The van der Waals surface area contributed by atoms with Crippen molar-refractivity contribution in [3.05, 3.63) is 12.2 Å². The molecule has 0 spiro atoms. The van der Waals surface area contributed by atoms with Gasteiger partial charge in [-0.1, -0.05) is 19.1 Å². The Labute approximate surface area is 116 Å². The Morgan fingerprint density at radius 2 is 2.00 bits per heavy atom. The van der Waals surface area contributed by atoms with E-state index in [1.807, 2.05) is 0 Å². The van der Waals surface area contributed by atoms with Crippen LogP contribution in [0.2, 0.25) is 0 Å². The van der Waals surface area contributed by atoms with E-state index in [0.29, 0.717) is 11.2 Å². The lowest BCUT2D eigenvalue weighted by molar-refractivity contribution is -0.126. The summed E-state index contributed by atoms with van der Waals surface area (Å²) >= 11 is 0. The van der Waals surface area contributed by atoms with Crippen LogP contribution in [0.25, 0.3) is 0 Å². The summed E-state index contributed by atoms with van der Waals surface area (Å²) in [6.07, 6.45) is 14.9. The van der Waals surface area contributed by atoms with Gasteiger partial charge >= 0.3 is 0 Å². The molecule has 0 aromatic heterocycles. The van der Waals surface area contributed by atoms with Crippen LogP contribution < -0.4 is 0 Å². The molecule has 3 fully saturated rings. The van der Waals surface area contributed by atoms with Gasteiger partial charge in [-0.3, -0.25) is 4.79 Å². The standard InChI is InChI=1S/C18H26O/c1-18-9-2-3-17(18)16-6-4-12-11-13(19)5-7-14(12)15(16)8-10-18/h2,9,12,14-17H,3-8,10-11H2,1H3/t12?,14-,15+,16+,17-,18-/m0/s1. The molecule has 0 aliphatic heterocycles. The van der Waals surface area contributed by atoms with Gasteiger partial charge < -0.3 is 0 Å². The molecule has 0 heterocycles. The summed E-state index contributed by atoms with van der Waals surface area (Å²) in [5.74, 6) is 5.02. The van der Waals surface area contributed by atoms with Crippen molar-refractivity contribution < 1.29 is 4.79 Å². The first-order valence-electron chi connectivity index (χ1n) is 8.37. The number of hydrogen-bond donors (Lipinski definition) is 0. The van der Waals surface area contributed by atoms with E-state index in [4.69, 9.17) is 0 Å². The number of rotatable bonds is 0. The summed E-state index contributed by atoms with van der Waals surface area (Å²) in [6, 6.07) is 0. The normalized spacial score (nSPS) is 52.5. The topological polar surface area (TPSA) is 17.1 Å². The van der Waals surface area contributed by atoms with Crippen molar-refractivity contribution in [1.82, 2.24) is 0 Å². The molecule has 0 aromatic rings. The second kappa shape index (κ2) is 4.20. The average molecular weight is 258 g/mol. The van der Waals surface area contributed by atoms with E-state index >= 15 is 0 Å². The van der Waals surface area contributed by atoms with E-state index in [1.165, 1.54) is 38.5 Å². The maximum atomic E-state index is 11.7. The van der Waals surface area contributed by atoms with Gasteiger partial charge in [-0.15, -0.1) is 0 Å². The lowest BCUT2D eigenvalue weighted by atomic mass is 9.50. The Bertz CT molecular complexity index is 423. The second-order valence-electron chi connectivity index (χ2n) is 7.90. The van der Waals surface area contributed by atoms with Gasteiger partial charge in [0.15, 0.2) is 0 Å². The molecule has 0 radical (unpaired) electrons. The number of ketones is 1. The van der Waals surface area contributed by atoms with Gasteiger partial charge in [0.1, 0.15) is 5.78 Å². The highest BCUT2D eigenvalue weighted by molar-refractivity contribution is 5.79. The quantitative estimate of drug-likeness (QED) is 0.589. The predicted octanol–water partition coefficient (Wildman–Crippen LogP) is 4.37. The van der Waals surface area contributed by atoms with Gasteiger partial charge in [0, 0.05) is 12.8 Å². The van der Waals surface area contributed by atoms with E-state index in [0.717, 1.165) is 42.4 Å². The van der Waals surface area contributed by atoms with E-state index in [1.54, 1.807) is 0 Å². The van der Waals surface area contributed by atoms with Gasteiger partial charge in [0.05, 0.1) is 0 Å². The summed E-state index contributed by atoms with van der Waals surface area (Å²) in [7, 11) is 0. The monoisotopic (exact) mass is 258 g/mol. The highest BCUT2D eigenvalue weighted by Gasteiger charge is 2.52. The molecule has 19 heavy (non-hydrogen) atoms. The van der Waals surface area contributed by atoms with Crippen LogP contribution in [0.15, 0.2) is 12.2 Å². The van der Waals surface area contributed by atoms with Gasteiger partial charge in [-0.05, 0) is 73.5 Å². The Balaban J connectivity index is 1.58. The van der Waals surface area contributed by atoms with Gasteiger partial charge in [-0.2, -0.15) is 0 Å². The molecule has 0 amide bonds. The van der Waals surface area contributed by atoms with Crippen molar-refractivity contribution in [2.75, 3.05) is 0 Å². The molecule has 0 aromatic carbocycles. The number of hydrogen-bond acceptors (Lipinski definition) is 1. The second-order valence-corrected chi connectivity index (χ2v) is 7.90. The third-order valence-corrected chi connectivity index (χ3v) is 7.09. The summed E-state index contributed by atoms with van der Waals surface area (Å²) in [4.78, 5) is 11.7. The van der Waals surface area contributed by atoms with E-state index in [9.17, 15) is 4.79 Å². The third-order valence-electron chi connectivity index (χ3n) is 7.09. The lowest BCUT2D eigenvalue weighted by Gasteiger charge is -2.54. The number of Topliss-reactive ketones (excluding diaryl/α,β-unsaturated/α-hetero) is 1. The van der Waals surface area contributed by atoms with Crippen LogP contribution in [0.4, 0.5) is 0 Å². The molecule has 4 rings (SSSR count). The Kier molecular flexibility index (Phi) is 2.69. The van der Waals surface area contributed by atoms with Crippen LogP contribution >= 0.6 is 0 Å². The molecule has 1 nitrogen and oxygen atoms in total. The fourth-order valence-corrected chi connectivity index (χ4v) is 6.14. The maximum Gasteiger partial charge on any atom is 0.133 e. The van der Waals surface area contributed by atoms with E-state index in [2.05, 4.69) is 19.1 Å². The van der Waals surface area contributed by atoms with Crippen LogP contribution in [-0.2, 0) is 4.79 Å². The molecule has 4 aliphatic carbocycles. The first kappa shape index (κ1) is 12.2. The van der Waals surface area contributed by atoms with E-state index < -0.39 is 0 Å². The maximum absolute atomic E-state index is 11.7. The zero-order valence-corrected chi connectivity index (χ0v) is 12.1. The SMILES string of the molecule is C[C@@]12C=CC[C@H]1[C@@H]1CCC3CC(=O)CC[C@@H]3[C@H]1CC2. The van der Waals surface area contributed by atoms with Crippen molar-refractivity contribution in [2.45, 2.75) is 58.3 Å². The molecule has 104 valence electrons. The van der Waals surface area contributed by atoms with Crippen molar-refractivity contribution >= 4 is 5.78 Å². The number of allylic oxidation sites excluding steroid dienone is 2. The van der Waals surface area contributed by atoms with Crippen LogP contribution in [-0.4, -0.2) is 5.78 Å². The summed E-state index contributed by atoms with van der Waals surface area (Å²) in [5.41, 5.74) is 0.512. The molecule has 0 N–H and O–H groups in total. The summed E-state index contributed by atoms with van der Waals surface area (Å²) in [5, 5.41) is 0. The fourth-order valence-electron chi connectivity index (χ4n) is 6.14. The van der Waals surface area contributed by atoms with Crippen molar-refractivity contribution in [2.24, 2.45) is 35.0 Å². The number of carbonyl (C=O) groups excluding carboxylic acids is 1. The average Bonchev–Trinajstić information content (AvgIpc) is 2.79. The molecule has 3 saturated carbocycles. The lowest BCUT2D eigenvalue weighted by Crippen LogP contribution is -2.47. The van der Waals surface area contributed by atoms with Crippen molar-refractivity contribution in [3.63, 3.8) is 0 Å².